The molecule has 0 bridgehead atoms. The first-order valence-corrected chi connectivity index (χ1v) is 8.50. The lowest BCUT2D eigenvalue weighted by Gasteiger charge is -2.09. The van der Waals surface area contributed by atoms with Gasteiger partial charge in [-0.15, -0.1) is 0 Å². The Hall–Kier alpha value is -2.35. The number of ether oxygens (including phenoxy) is 5. The Morgan fingerprint density at radius 3 is 1.50 bits per heavy atom. The highest BCUT2D eigenvalue weighted by atomic mass is 19.2. The van der Waals surface area contributed by atoms with Gasteiger partial charge in [-0.3, -0.25) is 4.79 Å². The minimum absolute atomic E-state index is 0.0531. The number of esters is 1. The summed E-state index contributed by atoms with van der Waals surface area (Å²) in [5.74, 6) is -15.3. The monoisotopic (exact) mass is 446 g/mol. The van der Waals surface area contributed by atoms with Crippen LogP contribution in [0.15, 0.2) is 0 Å². The van der Waals surface area contributed by atoms with Gasteiger partial charge in [0.2, 0.25) is 34.8 Å². The van der Waals surface area contributed by atoms with E-state index < -0.39 is 59.8 Å². The summed E-state index contributed by atoms with van der Waals surface area (Å²) in [6.45, 7) is 0.286. The van der Waals surface area contributed by atoms with Gasteiger partial charge in [0.05, 0.1) is 52.7 Å². The molecule has 0 heterocycles. The number of hydrogen-bond acceptors (Lipinski definition) is 7. The van der Waals surface area contributed by atoms with Crippen LogP contribution in [0.1, 0.15) is 6.42 Å². The van der Waals surface area contributed by atoms with Crippen molar-refractivity contribution in [1.82, 2.24) is 0 Å². The molecule has 0 aliphatic heterocycles. The minimum Gasteiger partial charge on any atom is -0.480 e. The first kappa shape index (κ1) is 25.7. The smallest absolute Gasteiger partial charge is 0.329 e. The summed E-state index contributed by atoms with van der Waals surface area (Å²) < 4.78 is 89.9. The molecule has 1 N–H and O–H groups in total. The quantitative estimate of drug-likeness (QED) is 0.109. The summed E-state index contributed by atoms with van der Waals surface area (Å²) in [6.07, 6.45) is -0.501. The molecule has 0 aliphatic rings. The van der Waals surface area contributed by atoms with Gasteiger partial charge in [0.25, 0.3) is 0 Å². The van der Waals surface area contributed by atoms with Crippen LogP contribution in [-0.4, -0.2) is 69.9 Å². The predicted molar refractivity (Wildman–Crippen MR) is 87.4 cm³/mol. The zero-order valence-electron chi connectivity index (χ0n) is 15.6. The van der Waals surface area contributed by atoms with E-state index in [1.165, 1.54) is 0 Å². The summed E-state index contributed by atoms with van der Waals surface area (Å²) in [4.78, 5) is 21.6. The molecule has 0 aliphatic carbocycles. The second-order valence-electron chi connectivity index (χ2n) is 5.41. The lowest BCUT2D eigenvalue weighted by atomic mass is 10.2. The van der Waals surface area contributed by atoms with Gasteiger partial charge in [0.15, 0.2) is 0 Å². The second kappa shape index (κ2) is 13.8. The highest BCUT2D eigenvalue weighted by molar-refractivity contribution is 5.72. The second-order valence-corrected chi connectivity index (χ2v) is 5.41. The molecular weight excluding hydrogens is 427 g/mol. The van der Waals surface area contributed by atoms with E-state index in [1.807, 2.05) is 0 Å². The van der Waals surface area contributed by atoms with E-state index in [9.17, 15) is 31.5 Å². The molecule has 0 atom stereocenters. The molecule has 30 heavy (non-hydrogen) atoms. The lowest BCUT2D eigenvalue weighted by Crippen LogP contribution is -2.16. The molecule has 1 aromatic rings. The third-order valence-electron chi connectivity index (χ3n) is 3.18. The maximum absolute atomic E-state index is 13.4. The van der Waals surface area contributed by atoms with E-state index in [2.05, 4.69) is 4.74 Å². The maximum Gasteiger partial charge on any atom is 0.329 e. The van der Waals surface area contributed by atoms with Gasteiger partial charge < -0.3 is 28.8 Å². The molecular formula is C17H19F5O8. The Bertz CT molecular complexity index is 687. The number of benzene rings is 1. The molecule has 0 amide bonds. The van der Waals surface area contributed by atoms with Crippen molar-refractivity contribution in [3.63, 3.8) is 0 Å². The molecule has 1 rings (SSSR count). The minimum atomic E-state index is -2.36. The van der Waals surface area contributed by atoms with Crippen LogP contribution in [0.2, 0.25) is 0 Å². The average molecular weight is 446 g/mol. The van der Waals surface area contributed by atoms with Gasteiger partial charge in [0.1, 0.15) is 6.61 Å². The molecule has 0 saturated heterocycles. The first-order valence-electron chi connectivity index (χ1n) is 8.50. The molecule has 0 radical (unpaired) electrons. The number of carbonyl (C=O) groups excluding carboxylic acids is 1. The molecule has 0 spiro atoms. The van der Waals surface area contributed by atoms with E-state index in [0.29, 0.717) is 0 Å². The Morgan fingerprint density at radius 2 is 1.03 bits per heavy atom. The van der Waals surface area contributed by atoms with Crippen molar-refractivity contribution in [2.24, 2.45) is 0 Å². The van der Waals surface area contributed by atoms with Gasteiger partial charge in [-0.1, -0.05) is 0 Å². The molecule has 0 unspecified atom stereocenters. The summed E-state index contributed by atoms with van der Waals surface area (Å²) in [7, 11) is 0. The number of hydrogen-bond donors (Lipinski definition) is 1. The van der Waals surface area contributed by atoms with Gasteiger partial charge in [-0.25, -0.2) is 18.0 Å². The zero-order chi connectivity index (χ0) is 22.5. The third-order valence-corrected chi connectivity index (χ3v) is 3.18. The normalized spacial score (nSPS) is 11.0. The van der Waals surface area contributed by atoms with E-state index >= 15 is 0 Å². The van der Waals surface area contributed by atoms with Crippen LogP contribution >= 0.6 is 0 Å². The van der Waals surface area contributed by atoms with Gasteiger partial charge in [-0.05, 0) is 0 Å². The van der Waals surface area contributed by atoms with Gasteiger partial charge >= 0.3 is 11.9 Å². The fourth-order valence-electron chi connectivity index (χ4n) is 1.81. The van der Waals surface area contributed by atoms with Crippen LogP contribution in [0.5, 0.6) is 5.75 Å². The first-order chi connectivity index (χ1) is 14.3. The molecule has 0 saturated carbocycles. The van der Waals surface area contributed by atoms with Crippen LogP contribution < -0.4 is 4.74 Å². The third kappa shape index (κ3) is 8.98. The van der Waals surface area contributed by atoms with Crippen molar-refractivity contribution in [3.8, 4) is 5.75 Å². The van der Waals surface area contributed by atoms with Crippen LogP contribution in [0.4, 0.5) is 22.0 Å². The van der Waals surface area contributed by atoms with Crippen LogP contribution in [0.3, 0.4) is 0 Å². The Balaban J connectivity index is 2.10. The topological polar surface area (TPSA) is 101 Å². The highest BCUT2D eigenvalue weighted by Crippen LogP contribution is 2.29. The van der Waals surface area contributed by atoms with Crippen LogP contribution in [0.25, 0.3) is 0 Å². The number of carbonyl (C=O) groups is 2. The Labute approximate surface area is 167 Å². The van der Waals surface area contributed by atoms with Crippen molar-refractivity contribution < 1.29 is 60.3 Å². The lowest BCUT2D eigenvalue weighted by molar-refractivity contribution is -0.142. The van der Waals surface area contributed by atoms with Crippen LogP contribution in [-0.2, 0) is 28.5 Å². The molecule has 1 aromatic carbocycles. The van der Waals surface area contributed by atoms with Crippen molar-refractivity contribution in [3.05, 3.63) is 29.1 Å². The molecule has 13 heteroatoms. The summed E-state index contributed by atoms with van der Waals surface area (Å²) >= 11 is 0. The van der Waals surface area contributed by atoms with E-state index in [0.717, 1.165) is 0 Å². The van der Waals surface area contributed by atoms with Crippen molar-refractivity contribution in [1.29, 1.82) is 0 Å². The fraction of sp³-hybridized carbons (Fsp3) is 0.529. The van der Waals surface area contributed by atoms with Crippen molar-refractivity contribution >= 4 is 11.9 Å². The highest BCUT2D eigenvalue weighted by Gasteiger charge is 2.28. The zero-order valence-corrected chi connectivity index (χ0v) is 15.6. The van der Waals surface area contributed by atoms with Crippen LogP contribution in [0, 0.1) is 29.1 Å². The molecule has 0 fully saturated rings. The van der Waals surface area contributed by atoms with E-state index in [-0.39, 0.29) is 46.2 Å². The molecule has 8 nitrogen and oxygen atoms in total. The van der Waals surface area contributed by atoms with E-state index in [1.54, 1.807) is 0 Å². The molecule has 170 valence electrons. The maximum atomic E-state index is 13.4. The predicted octanol–water partition coefficient (Wildman–Crippen LogP) is 1.83. The number of halogens is 5. The largest absolute Gasteiger partial charge is 0.480 e. The Kier molecular flexibility index (Phi) is 11.8. The Morgan fingerprint density at radius 1 is 0.633 bits per heavy atom. The average Bonchev–Trinajstić information content (AvgIpc) is 2.71. The number of carboxylic acid groups (broad SMARTS) is 1. The summed E-state index contributed by atoms with van der Waals surface area (Å²) in [5, 5.41) is 8.33. The standard InChI is InChI=1S/C17H19F5O8/c18-12-13(19)15(21)17(16(22)14(12)20)30-11(25)1-2-26-3-4-27-5-6-28-7-8-29-9-10(23)24/h1-9H2,(H,23,24). The number of rotatable bonds is 15. The SMILES string of the molecule is O=C(O)COCCOCCOCCOCCC(=O)Oc1c(F)c(F)c(F)c(F)c1F. The number of carboxylic acids is 1. The van der Waals surface area contributed by atoms with Gasteiger partial charge in [-0.2, -0.15) is 8.78 Å². The number of aliphatic carboxylic acids is 1. The summed E-state index contributed by atoms with van der Waals surface area (Å²) in [5.41, 5.74) is 0. The van der Waals surface area contributed by atoms with E-state index in [4.69, 9.17) is 24.1 Å². The van der Waals surface area contributed by atoms with Gasteiger partial charge in [0, 0.05) is 0 Å². The summed E-state index contributed by atoms with van der Waals surface area (Å²) in [6, 6.07) is 0. The molecule has 0 aromatic heterocycles. The van der Waals surface area contributed by atoms with Crippen molar-refractivity contribution in [2.45, 2.75) is 6.42 Å². The fourth-order valence-corrected chi connectivity index (χ4v) is 1.81. The van der Waals surface area contributed by atoms with Crippen molar-refractivity contribution in [2.75, 3.05) is 52.9 Å².